The van der Waals surface area contributed by atoms with Crippen LogP contribution in [0.1, 0.15) is 22.0 Å². The molecular formula is C28H26NO4P. The number of para-hydroxylation sites is 1. The van der Waals surface area contributed by atoms with Gasteiger partial charge in [0.25, 0.3) is 0 Å². The molecule has 0 saturated heterocycles. The number of benzene rings is 4. The normalized spacial score (nSPS) is 13.1. The Bertz CT molecular complexity index is 1240. The Morgan fingerprint density at radius 1 is 0.765 bits per heavy atom. The van der Waals surface area contributed by atoms with Crippen molar-refractivity contribution in [1.29, 1.82) is 0 Å². The van der Waals surface area contributed by atoms with Gasteiger partial charge >= 0.3 is 0 Å². The molecule has 4 aromatic carbocycles. The Labute approximate surface area is 199 Å². The topological polar surface area (TPSA) is 75.6 Å². The first kappa shape index (κ1) is 23.7. The summed E-state index contributed by atoms with van der Waals surface area (Å²) in [5, 5.41) is 15.7. The first-order valence-corrected chi connectivity index (χ1v) is 12.6. The summed E-state index contributed by atoms with van der Waals surface area (Å²) in [6.45, 7) is 0. The van der Waals surface area contributed by atoms with Crippen LogP contribution in [-0.4, -0.2) is 24.1 Å². The van der Waals surface area contributed by atoms with Crippen molar-refractivity contribution in [3.05, 3.63) is 126 Å². The van der Waals surface area contributed by atoms with Crippen molar-refractivity contribution >= 4 is 23.7 Å². The Morgan fingerprint density at radius 2 is 1.24 bits per heavy atom. The van der Waals surface area contributed by atoms with E-state index in [9.17, 15) is 14.5 Å². The molecule has 2 atom stereocenters. The second kappa shape index (κ2) is 10.6. The Kier molecular flexibility index (Phi) is 7.39. The summed E-state index contributed by atoms with van der Waals surface area (Å²) in [5.41, 5.74) is 0.903. The lowest BCUT2D eigenvalue weighted by Gasteiger charge is -2.30. The molecule has 6 heteroatoms. The van der Waals surface area contributed by atoms with Crippen molar-refractivity contribution in [3.63, 3.8) is 0 Å². The van der Waals surface area contributed by atoms with Gasteiger partial charge in [-0.05, 0) is 42.0 Å². The molecule has 34 heavy (non-hydrogen) atoms. The van der Waals surface area contributed by atoms with E-state index in [0.29, 0.717) is 21.9 Å². The van der Waals surface area contributed by atoms with Crippen LogP contribution in [0.2, 0.25) is 0 Å². The van der Waals surface area contributed by atoms with Gasteiger partial charge in [0.05, 0.1) is 18.7 Å². The maximum absolute atomic E-state index is 14.6. The van der Waals surface area contributed by atoms with Crippen LogP contribution in [0.15, 0.2) is 115 Å². The van der Waals surface area contributed by atoms with Crippen molar-refractivity contribution < 1.29 is 19.2 Å². The average molecular weight is 471 g/mol. The third-order valence-electron chi connectivity index (χ3n) is 5.68. The number of carbonyl (C=O) groups excluding carboxylic acids is 1. The van der Waals surface area contributed by atoms with E-state index in [1.54, 1.807) is 60.7 Å². The Hall–Kier alpha value is -3.50. The predicted octanol–water partition coefficient (Wildman–Crippen LogP) is 4.50. The zero-order chi connectivity index (χ0) is 24.0. The van der Waals surface area contributed by atoms with Crippen LogP contribution in [0.4, 0.5) is 0 Å². The van der Waals surface area contributed by atoms with Gasteiger partial charge in [0.2, 0.25) is 7.29 Å². The lowest BCUT2D eigenvalue weighted by Crippen LogP contribution is -2.40. The maximum atomic E-state index is 14.6. The zero-order valence-electron chi connectivity index (χ0n) is 18.7. The molecule has 4 aromatic rings. The molecule has 0 fully saturated rings. The molecule has 0 saturated carbocycles. The molecule has 0 radical (unpaired) electrons. The van der Waals surface area contributed by atoms with E-state index in [-0.39, 0.29) is 5.56 Å². The average Bonchev–Trinajstić information content (AvgIpc) is 2.92. The van der Waals surface area contributed by atoms with Crippen molar-refractivity contribution in [2.45, 2.75) is 12.1 Å². The van der Waals surface area contributed by atoms with E-state index in [4.69, 9.17) is 4.74 Å². The van der Waals surface area contributed by atoms with E-state index in [1.165, 1.54) is 7.11 Å². The van der Waals surface area contributed by atoms with Crippen molar-refractivity contribution in [3.8, 4) is 5.75 Å². The molecule has 2 N–H and O–H groups in total. The number of hydrogen-bond donors (Lipinski definition) is 2. The minimum absolute atomic E-state index is 0.259. The molecule has 0 aliphatic rings. The van der Waals surface area contributed by atoms with Gasteiger partial charge in [0.15, 0.2) is 5.78 Å². The molecule has 172 valence electrons. The monoisotopic (exact) mass is 471 g/mol. The number of Topliss-reactive ketones (excluding diaryl/α,β-unsaturated/α-hetero) is 1. The number of aliphatic hydroxyl groups is 1. The van der Waals surface area contributed by atoms with Gasteiger partial charge in [-0.25, -0.2) is 5.09 Å². The van der Waals surface area contributed by atoms with E-state index >= 15 is 0 Å². The van der Waals surface area contributed by atoms with Gasteiger partial charge in [-0.15, -0.1) is 0 Å². The summed E-state index contributed by atoms with van der Waals surface area (Å²) >= 11 is 0. The van der Waals surface area contributed by atoms with Gasteiger partial charge in [0, 0.05) is 10.6 Å². The summed E-state index contributed by atoms with van der Waals surface area (Å²) in [6, 6.07) is 33.1. The molecule has 5 nitrogen and oxygen atoms in total. The number of aliphatic hydroxyl groups excluding tert-OH is 1. The van der Waals surface area contributed by atoms with Gasteiger partial charge in [-0.3, -0.25) is 9.36 Å². The molecule has 0 aliphatic carbocycles. The number of methoxy groups -OCH3 is 1. The summed E-state index contributed by atoms with van der Waals surface area (Å²) in [4.78, 5) is 13.4. The number of hydrogen-bond acceptors (Lipinski definition) is 4. The van der Waals surface area contributed by atoms with Gasteiger partial charge < -0.3 is 9.84 Å². The summed E-state index contributed by atoms with van der Waals surface area (Å²) in [5.74, 6) is -0.154. The quantitative estimate of drug-likeness (QED) is 0.278. The standard InChI is InChI=1S/C28H26NO4P/c1-33-25-20-12-11-19-24(25)27(30)28(31)26(21-13-5-2-6-14-21)29-34(32,22-15-7-3-8-16-22)23-17-9-4-10-18-23/h2-20,26,28,31H,1H3,(H,29,32)/t26-,28-/m1/s1. The first-order valence-electron chi connectivity index (χ1n) is 10.9. The minimum Gasteiger partial charge on any atom is -0.496 e. The van der Waals surface area contributed by atoms with Crippen molar-refractivity contribution in [2.75, 3.05) is 7.11 Å². The fraction of sp³-hybridized carbons (Fsp3) is 0.107. The first-order chi connectivity index (χ1) is 16.5. The van der Waals surface area contributed by atoms with E-state index < -0.39 is 25.2 Å². The van der Waals surface area contributed by atoms with Crippen LogP contribution in [0.25, 0.3) is 0 Å². The third kappa shape index (κ3) is 4.87. The number of ketones is 1. The number of rotatable bonds is 9. The van der Waals surface area contributed by atoms with Crippen LogP contribution in [0.3, 0.4) is 0 Å². The fourth-order valence-electron chi connectivity index (χ4n) is 3.92. The zero-order valence-corrected chi connectivity index (χ0v) is 19.6. The highest BCUT2D eigenvalue weighted by atomic mass is 31.2. The Morgan fingerprint density at radius 3 is 1.76 bits per heavy atom. The third-order valence-corrected chi connectivity index (χ3v) is 8.37. The SMILES string of the molecule is COc1ccccc1C(=O)[C@H](O)[C@H](NP(=O)(c1ccccc1)c1ccccc1)c1ccccc1. The highest BCUT2D eigenvalue weighted by Crippen LogP contribution is 2.43. The second-order valence-corrected chi connectivity index (χ2v) is 10.3. The van der Waals surface area contributed by atoms with Crippen LogP contribution < -0.4 is 20.4 Å². The van der Waals surface area contributed by atoms with Crippen LogP contribution in [0.5, 0.6) is 5.75 Å². The van der Waals surface area contributed by atoms with E-state index in [1.807, 2.05) is 54.6 Å². The highest BCUT2D eigenvalue weighted by Gasteiger charge is 2.37. The number of nitrogens with one attached hydrogen (secondary N) is 1. The van der Waals surface area contributed by atoms with Gasteiger partial charge in [-0.2, -0.15) is 0 Å². The van der Waals surface area contributed by atoms with E-state index in [0.717, 1.165) is 0 Å². The number of ether oxygens (including phenoxy) is 1. The summed E-state index contributed by atoms with van der Waals surface area (Å²) in [7, 11) is -1.97. The molecule has 0 heterocycles. The summed E-state index contributed by atoms with van der Waals surface area (Å²) < 4.78 is 20.0. The highest BCUT2D eigenvalue weighted by molar-refractivity contribution is 7.76. The van der Waals surface area contributed by atoms with Gasteiger partial charge in [-0.1, -0.05) is 78.9 Å². The number of carbonyl (C=O) groups is 1. The largest absolute Gasteiger partial charge is 0.496 e. The minimum atomic E-state index is -3.44. The van der Waals surface area contributed by atoms with Crippen LogP contribution >= 0.6 is 7.29 Å². The van der Waals surface area contributed by atoms with Crippen LogP contribution in [0, 0.1) is 0 Å². The molecule has 4 rings (SSSR count). The fourth-order valence-corrected chi connectivity index (χ4v) is 6.38. The van der Waals surface area contributed by atoms with E-state index in [2.05, 4.69) is 5.09 Å². The van der Waals surface area contributed by atoms with Gasteiger partial charge in [0.1, 0.15) is 11.9 Å². The second-order valence-electron chi connectivity index (χ2n) is 7.81. The predicted molar refractivity (Wildman–Crippen MR) is 135 cm³/mol. The lowest BCUT2D eigenvalue weighted by atomic mass is 9.95. The van der Waals surface area contributed by atoms with Crippen molar-refractivity contribution in [1.82, 2.24) is 5.09 Å². The molecule has 0 aliphatic heterocycles. The molecule has 0 aromatic heterocycles. The molecule has 0 spiro atoms. The molecular weight excluding hydrogens is 445 g/mol. The molecule has 0 bridgehead atoms. The molecule has 0 unspecified atom stereocenters. The maximum Gasteiger partial charge on any atom is 0.205 e. The summed E-state index contributed by atoms with van der Waals surface area (Å²) in [6.07, 6.45) is -1.51. The Balaban J connectivity index is 1.81. The van der Waals surface area contributed by atoms with Crippen LogP contribution in [-0.2, 0) is 4.57 Å². The molecule has 0 amide bonds. The smallest absolute Gasteiger partial charge is 0.205 e. The van der Waals surface area contributed by atoms with Crippen molar-refractivity contribution in [2.24, 2.45) is 0 Å². The lowest BCUT2D eigenvalue weighted by molar-refractivity contribution is 0.0675.